The van der Waals surface area contributed by atoms with Crippen molar-refractivity contribution in [1.82, 2.24) is 10.2 Å². The monoisotopic (exact) mass is 363 g/mol. The summed E-state index contributed by atoms with van der Waals surface area (Å²) in [4.78, 5) is 14.4. The lowest BCUT2D eigenvalue weighted by Gasteiger charge is -2.19. The van der Waals surface area contributed by atoms with Crippen molar-refractivity contribution in [2.24, 2.45) is 0 Å². The molecule has 0 bridgehead atoms. The van der Waals surface area contributed by atoms with E-state index in [9.17, 15) is 4.79 Å². The third-order valence-electron chi connectivity index (χ3n) is 3.55. The number of rotatable bonds is 5. The van der Waals surface area contributed by atoms with Crippen molar-refractivity contribution in [2.45, 2.75) is 6.42 Å². The first-order valence-corrected chi connectivity index (χ1v) is 7.66. The summed E-state index contributed by atoms with van der Waals surface area (Å²) in [6.45, 7) is 4.05. The van der Waals surface area contributed by atoms with E-state index in [-0.39, 0.29) is 18.3 Å². The van der Waals surface area contributed by atoms with Crippen molar-refractivity contribution < 1.29 is 14.3 Å². The Kier molecular flexibility index (Phi) is 8.47. The first-order chi connectivity index (χ1) is 10.6. The number of carbonyl (C=O) groups is 1. The molecule has 2 rings (SSSR count). The van der Waals surface area contributed by atoms with Gasteiger partial charge in [0.1, 0.15) is 11.5 Å². The van der Waals surface area contributed by atoms with E-state index in [2.05, 4.69) is 15.5 Å². The van der Waals surface area contributed by atoms with Gasteiger partial charge in [-0.05, 0) is 25.6 Å². The highest BCUT2D eigenvalue weighted by molar-refractivity contribution is 6.32. The van der Waals surface area contributed by atoms with E-state index in [4.69, 9.17) is 21.1 Å². The molecular weight excluding hydrogens is 341 g/mol. The van der Waals surface area contributed by atoms with Crippen LogP contribution >= 0.6 is 24.0 Å². The number of halogens is 2. The van der Waals surface area contributed by atoms with Gasteiger partial charge in [0.2, 0.25) is 5.91 Å². The smallest absolute Gasteiger partial charge is 0.238 e. The second kappa shape index (κ2) is 9.82. The molecule has 0 atom stereocenters. The third-order valence-corrected chi connectivity index (χ3v) is 3.84. The average Bonchev–Trinajstić information content (AvgIpc) is 2.76. The van der Waals surface area contributed by atoms with Crippen molar-refractivity contribution in [1.29, 1.82) is 0 Å². The van der Waals surface area contributed by atoms with Crippen LogP contribution in [0, 0.1) is 0 Å². The third kappa shape index (κ3) is 5.73. The number of carbonyl (C=O) groups excluding carboxylic acids is 1. The maximum atomic E-state index is 12.2. The van der Waals surface area contributed by atoms with E-state index in [1.807, 2.05) is 0 Å². The lowest BCUT2D eigenvalue weighted by Crippen LogP contribution is -2.35. The quantitative estimate of drug-likeness (QED) is 0.837. The molecule has 6 nitrogen and oxygen atoms in total. The highest BCUT2D eigenvalue weighted by Gasteiger charge is 2.16. The minimum absolute atomic E-state index is 0. The van der Waals surface area contributed by atoms with Crippen LogP contribution < -0.4 is 20.1 Å². The number of benzene rings is 1. The van der Waals surface area contributed by atoms with Gasteiger partial charge in [0.05, 0.1) is 31.5 Å². The van der Waals surface area contributed by atoms with E-state index < -0.39 is 0 Å². The van der Waals surface area contributed by atoms with E-state index in [0.717, 1.165) is 32.6 Å². The van der Waals surface area contributed by atoms with Gasteiger partial charge in [-0.3, -0.25) is 9.69 Å². The zero-order valence-electron chi connectivity index (χ0n) is 13.4. The highest BCUT2D eigenvalue weighted by atomic mass is 35.5. The topological polar surface area (TPSA) is 62.8 Å². The minimum Gasteiger partial charge on any atom is -0.495 e. The van der Waals surface area contributed by atoms with Crippen molar-refractivity contribution in [3.05, 3.63) is 17.2 Å². The van der Waals surface area contributed by atoms with Crippen LogP contribution in [0.3, 0.4) is 0 Å². The zero-order chi connectivity index (χ0) is 15.9. The predicted molar refractivity (Wildman–Crippen MR) is 94.4 cm³/mol. The van der Waals surface area contributed by atoms with Gasteiger partial charge in [0, 0.05) is 19.2 Å². The van der Waals surface area contributed by atoms with E-state index in [0.29, 0.717) is 28.8 Å². The van der Waals surface area contributed by atoms with E-state index in [1.165, 1.54) is 7.11 Å². The van der Waals surface area contributed by atoms with Crippen molar-refractivity contribution in [2.75, 3.05) is 52.3 Å². The summed E-state index contributed by atoms with van der Waals surface area (Å²) in [6, 6.07) is 3.30. The van der Waals surface area contributed by atoms with Crippen LogP contribution in [0.5, 0.6) is 11.5 Å². The molecule has 1 aromatic rings. The summed E-state index contributed by atoms with van der Waals surface area (Å²) in [7, 11) is 3.07. The molecule has 0 unspecified atom stereocenters. The van der Waals surface area contributed by atoms with Crippen LogP contribution in [0.15, 0.2) is 12.1 Å². The van der Waals surface area contributed by atoms with Crippen LogP contribution in [0.1, 0.15) is 6.42 Å². The van der Waals surface area contributed by atoms with Crippen molar-refractivity contribution >= 4 is 35.6 Å². The predicted octanol–water partition coefficient (Wildman–Crippen LogP) is 2.01. The Morgan fingerprint density at radius 3 is 2.70 bits per heavy atom. The molecule has 1 fully saturated rings. The Bertz CT molecular complexity index is 521. The normalized spacial score (nSPS) is 15.3. The van der Waals surface area contributed by atoms with Gasteiger partial charge in [0.15, 0.2) is 0 Å². The molecule has 130 valence electrons. The SMILES string of the molecule is COc1cc(OC)c(NC(=O)CN2CCCNCC2)cc1Cl.Cl. The molecule has 1 saturated heterocycles. The number of anilines is 1. The van der Waals surface area contributed by atoms with E-state index in [1.54, 1.807) is 19.2 Å². The molecule has 0 aliphatic carbocycles. The second-order valence-electron chi connectivity index (χ2n) is 5.11. The first kappa shape index (κ1) is 19.8. The molecule has 1 amide bonds. The molecule has 1 aromatic carbocycles. The number of nitrogens with one attached hydrogen (secondary N) is 2. The molecule has 2 N–H and O–H groups in total. The number of hydrogen-bond acceptors (Lipinski definition) is 5. The van der Waals surface area contributed by atoms with Crippen LogP contribution in [0.25, 0.3) is 0 Å². The molecule has 1 aliphatic rings. The van der Waals surface area contributed by atoms with Gasteiger partial charge in [-0.1, -0.05) is 11.6 Å². The maximum Gasteiger partial charge on any atom is 0.238 e. The Labute approximate surface area is 147 Å². The first-order valence-electron chi connectivity index (χ1n) is 7.28. The van der Waals surface area contributed by atoms with E-state index >= 15 is 0 Å². The largest absolute Gasteiger partial charge is 0.495 e. The maximum absolute atomic E-state index is 12.2. The van der Waals surface area contributed by atoms with Crippen molar-refractivity contribution in [3.8, 4) is 11.5 Å². The van der Waals surface area contributed by atoms with Gasteiger partial charge in [-0.2, -0.15) is 0 Å². The minimum atomic E-state index is -0.0820. The van der Waals surface area contributed by atoms with Gasteiger partial charge in [-0.25, -0.2) is 0 Å². The molecule has 0 spiro atoms. The summed E-state index contributed by atoms with van der Waals surface area (Å²) in [5.41, 5.74) is 0.547. The van der Waals surface area contributed by atoms with Crippen LogP contribution in [-0.2, 0) is 4.79 Å². The van der Waals surface area contributed by atoms with Gasteiger partial charge in [0.25, 0.3) is 0 Å². The number of amides is 1. The number of hydrogen-bond donors (Lipinski definition) is 2. The molecule has 1 aliphatic heterocycles. The summed E-state index contributed by atoms with van der Waals surface area (Å²) < 4.78 is 10.4. The second-order valence-corrected chi connectivity index (χ2v) is 5.52. The fourth-order valence-corrected chi connectivity index (χ4v) is 2.65. The molecule has 0 radical (unpaired) electrons. The van der Waals surface area contributed by atoms with Crippen LogP contribution in [-0.4, -0.2) is 57.8 Å². The fraction of sp³-hybridized carbons (Fsp3) is 0.533. The van der Waals surface area contributed by atoms with Crippen LogP contribution in [0.4, 0.5) is 5.69 Å². The zero-order valence-corrected chi connectivity index (χ0v) is 14.9. The molecule has 23 heavy (non-hydrogen) atoms. The standard InChI is InChI=1S/C15H22ClN3O3.ClH/c1-21-13-9-14(22-2)12(8-11(13)16)18-15(20)10-19-6-3-4-17-5-7-19;/h8-9,17H,3-7,10H2,1-2H3,(H,18,20);1H. The van der Waals surface area contributed by atoms with Crippen LogP contribution in [0.2, 0.25) is 5.02 Å². The summed E-state index contributed by atoms with van der Waals surface area (Å²) in [6.07, 6.45) is 1.05. The molecule has 0 aromatic heterocycles. The number of ether oxygens (including phenoxy) is 2. The van der Waals surface area contributed by atoms with Gasteiger partial charge in [-0.15, -0.1) is 12.4 Å². The lowest BCUT2D eigenvalue weighted by atomic mass is 10.2. The Morgan fingerprint density at radius 2 is 2.00 bits per heavy atom. The lowest BCUT2D eigenvalue weighted by molar-refractivity contribution is -0.117. The number of nitrogens with zero attached hydrogens (tertiary/aromatic N) is 1. The Hall–Kier alpha value is -1.21. The molecule has 0 saturated carbocycles. The molecular formula is C15H23Cl2N3O3. The summed E-state index contributed by atoms with van der Waals surface area (Å²) in [5.74, 6) is 0.948. The van der Waals surface area contributed by atoms with Gasteiger partial charge >= 0.3 is 0 Å². The Morgan fingerprint density at radius 1 is 1.26 bits per heavy atom. The average molecular weight is 364 g/mol. The summed E-state index contributed by atoms with van der Waals surface area (Å²) >= 11 is 6.10. The van der Waals surface area contributed by atoms with Gasteiger partial charge < -0.3 is 20.1 Å². The highest BCUT2D eigenvalue weighted by Crippen LogP contribution is 2.35. The number of methoxy groups -OCH3 is 2. The van der Waals surface area contributed by atoms with Crippen molar-refractivity contribution in [3.63, 3.8) is 0 Å². The molecule has 8 heteroatoms. The summed E-state index contributed by atoms with van der Waals surface area (Å²) in [5, 5.41) is 6.60. The molecule has 1 heterocycles. The fourth-order valence-electron chi connectivity index (χ4n) is 2.41. The Balaban J connectivity index is 0.00000264.